The maximum atomic E-state index is 12.3. The largest absolute Gasteiger partial charge is 0.371 e. The van der Waals surface area contributed by atoms with Gasteiger partial charge in [0.1, 0.15) is 10.2 Å². The Morgan fingerprint density at radius 3 is 2.72 bits per heavy atom. The zero-order valence-electron chi connectivity index (χ0n) is 18.3. The predicted octanol–water partition coefficient (Wildman–Crippen LogP) is 1.90. The maximum absolute atomic E-state index is 12.3. The molecule has 0 bridgehead atoms. The lowest BCUT2D eigenvalue weighted by Gasteiger charge is -2.36. The summed E-state index contributed by atoms with van der Waals surface area (Å²) in [5.41, 5.74) is 3.07. The van der Waals surface area contributed by atoms with Crippen LogP contribution in [0.2, 0.25) is 0 Å². The molecular weight excluding hydrogens is 426 g/mol. The van der Waals surface area contributed by atoms with Crippen LogP contribution in [0, 0.1) is 6.92 Å². The molecular formula is C22H25N7O2S. The molecule has 1 saturated heterocycles. The molecule has 5 rings (SSSR count). The molecule has 1 fully saturated rings. The van der Waals surface area contributed by atoms with Crippen molar-refractivity contribution in [3.63, 3.8) is 0 Å². The SMILES string of the molecule is CNc1nccc2cc(N3CCN(Cc4cc5[nH]c(=O)n(C)c(=O)c5s4)CC3)c(C)nc12. The number of anilines is 2. The first-order valence-corrected chi connectivity index (χ1v) is 11.4. The van der Waals surface area contributed by atoms with Crippen LogP contribution < -0.4 is 21.5 Å². The van der Waals surface area contributed by atoms with Crippen LogP contribution >= 0.6 is 11.3 Å². The minimum absolute atomic E-state index is 0.235. The molecule has 2 N–H and O–H groups in total. The Balaban J connectivity index is 1.32. The maximum Gasteiger partial charge on any atom is 0.328 e. The molecule has 0 aliphatic carbocycles. The zero-order valence-corrected chi connectivity index (χ0v) is 19.1. The van der Waals surface area contributed by atoms with E-state index in [2.05, 4.69) is 31.2 Å². The van der Waals surface area contributed by atoms with Crippen molar-refractivity contribution in [2.24, 2.45) is 7.05 Å². The number of aromatic nitrogens is 4. The van der Waals surface area contributed by atoms with Gasteiger partial charge in [0.2, 0.25) is 0 Å². The number of hydrogen-bond acceptors (Lipinski definition) is 8. The number of fused-ring (bicyclic) bond motifs is 2. The monoisotopic (exact) mass is 451 g/mol. The number of H-pyrrole nitrogens is 1. The summed E-state index contributed by atoms with van der Waals surface area (Å²) in [5, 5.41) is 4.19. The molecule has 0 aromatic carbocycles. The molecule has 9 nitrogen and oxygen atoms in total. The average Bonchev–Trinajstić information content (AvgIpc) is 3.19. The summed E-state index contributed by atoms with van der Waals surface area (Å²) in [6, 6.07) is 6.13. The highest BCUT2D eigenvalue weighted by molar-refractivity contribution is 7.18. The Bertz CT molecular complexity index is 1430. The van der Waals surface area contributed by atoms with E-state index in [1.807, 2.05) is 26.1 Å². The van der Waals surface area contributed by atoms with E-state index in [9.17, 15) is 9.59 Å². The van der Waals surface area contributed by atoms with Crippen LogP contribution in [0.4, 0.5) is 11.5 Å². The van der Waals surface area contributed by atoms with Gasteiger partial charge in [0.05, 0.1) is 16.9 Å². The molecule has 1 aliphatic heterocycles. The molecule has 32 heavy (non-hydrogen) atoms. The normalized spacial score (nSPS) is 15.0. The van der Waals surface area contributed by atoms with Crippen molar-refractivity contribution in [2.45, 2.75) is 13.5 Å². The molecule has 0 saturated carbocycles. The Labute approximate surface area is 188 Å². The quantitative estimate of drug-likeness (QED) is 0.489. The summed E-state index contributed by atoms with van der Waals surface area (Å²) in [6.45, 7) is 6.45. The van der Waals surface area contributed by atoms with E-state index in [1.165, 1.54) is 18.4 Å². The van der Waals surface area contributed by atoms with Crippen LogP contribution in [0.1, 0.15) is 10.6 Å². The fraction of sp³-hybridized carbons (Fsp3) is 0.364. The van der Waals surface area contributed by atoms with Crippen molar-refractivity contribution in [2.75, 3.05) is 43.4 Å². The first kappa shape index (κ1) is 20.7. The summed E-state index contributed by atoms with van der Waals surface area (Å²) in [4.78, 5) is 42.0. The Morgan fingerprint density at radius 1 is 1.19 bits per heavy atom. The number of pyridine rings is 2. The minimum atomic E-state index is -0.377. The fourth-order valence-corrected chi connectivity index (χ4v) is 5.40. The molecule has 10 heteroatoms. The summed E-state index contributed by atoms with van der Waals surface area (Å²) >= 11 is 1.46. The first-order chi connectivity index (χ1) is 15.4. The fourth-order valence-electron chi connectivity index (χ4n) is 4.27. The zero-order chi connectivity index (χ0) is 22.4. The topological polar surface area (TPSA) is 99.1 Å². The smallest absolute Gasteiger partial charge is 0.328 e. The van der Waals surface area contributed by atoms with Crippen LogP contribution in [-0.4, -0.2) is 57.6 Å². The molecule has 0 unspecified atom stereocenters. The van der Waals surface area contributed by atoms with Gasteiger partial charge in [-0.15, -0.1) is 11.3 Å². The van der Waals surface area contributed by atoms with Crippen LogP contribution in [0.3, 0.4) is 0 Å². The lowest BCUT2D eigenvalue weighted by molar-refractivity contribution is 0.252. The Hall–Kier alpha value is -3.24. The number of nitrogens with one attached hydrogen (secondary N) is 2. The van der Waals surface area contributed by atoms with Crippen LogP contribution in [-0.2, 0) is 13.6 Å². The van der Waals surface area contributed by atoms with Gasteiger partial charge >= 0.3 is 5.69 Å². The third-order valence-electron chi connectivity index (χ3n) is 6.06. The van der Waals surface area contributed by atoms with Crippen LogP contribution in [0.15, 0.2) is 34.0 Å². The molecule has 4 aromatic heterocycles. The van der Waals surface area contributed by atoms with Crippen molar-refractivity contribution in [1.29, 1.82) is 0 Å². The third-order valence-corrected chi connectivity index (χ3v) is 7.16. The highest BCUT2D eigenvalue weighted by Gasteiger charge is 2.21. The Kier molecular flexibility index (Phi) is 5.18. The van der Waals surface area contributed by atoms with E-state index >= 15 is 0 Å². The molecule has 166 valence electrons. The number of piperazine rings is 1. The van der Waals surface area contributed by atoms with Crippen LogP contribution in [0.25, 0.3) is 21.1 Å². The van der Waals surface area contributed by atoms with E-state index in [-0.39, 0.29) is 11.2 Å². The van der Waals surface area contributed by atoms with Gasteiger partial charge in [-0.25, -0.2) is 14.8 Å². The van der Waals surface area contributed by atoms with Crippen molar-refractivity contribution < 1.29 is 0 Å². The first-order valence-electron chi connectivity index (χ1n) is 10.6. The second-order valence-electron chi connectivity index (χ2n) is 8.09. The van der Waals surface area contributed by atoms with Gasteiger partial charge in [-0.2, -0.15) is 0 Å². The predicted molar refractivity (Wildman–Crippen MR) is 129 cm³/mol. The Morgan fingerprint density at radius 2 is 1.97 bits per heavy atom. The molecule has 0 atom stereocenters. The lowest BCUT2D eigenvalue weighted by atomic mass is 10.1. The number of nitrogens with zero attached hydrogens (tertiary/aromatic N) is 5. The van der Waals surface area contributed by atoms with Crippen LogP contribution in [0.5, 0.6) is 0 Å². The van der Waals surface area contributed by atoms with E-state index < -0.39 is 0 Å². The van der Waals surface area contributed by atoms with Gasteiger partial charge in [0, 0.05) is 63.3 Å². The van der Waals surface area contributed by atoms with Crippen molar-refractivity contribution in [3.8, 4) is 0 Å². The van der Waals surface area contributed by atoms with E-state index in [4.69, 9.17) is 4.98 Å². The summed E-state index contributed by atoms with van der Waals surface area (Å²) in [5.74, 6) is 0.793. The number of thiophene rings is 1. The van der Waals surface area contributed by atoms with Gasteiger partial charge < -0.3 is 15.2 Å². The van der Waals surface area contributed by atoms with Gasteiger partial charge in [-0.1, -0.05) is 0 Å². The summed E-state index contributed by atoms with van der Waals surface area (Å²) < 4.78 is 1.73. The molecule has 4 aromatic rings. The van der Waals surface area contributed by atoms with E-state index in [0.717, 1.165) is 70.3 Å². The third kappa shape index (κ3) is 3.55. The molecule has 5 heterocycles. The summed E-state index contributed by atoms with van der Waals surface area (Å²) in [7, 11) is 3.36. The lowest BCUT2D eigenvalue weighted by Crippen LogP contribution is -2.46. The average molecular weight is 452 g/mol. The van der Waals surface area contributed by atoms with Crippen molar-refractivity contribution >= 4 is 44.0 Å². The molecule has 0 amide bonds. The highest BCUT2D eigenvalue weighted by atomic mass is 32.1. The highest BCUT2D eigenvalue weighted by Crippen LogP contribution is 2.28. The molecule has 0 spiro atoms. The second-order valence-corrected chi connectivity index (χ2v) is 9.22. The van der Waals surface area contributed by atoms with Crippen molar-refractivity contribution in [3.05, 3.63) is 55.8 Å². The van der Waals surface area contributed by atoms with Gasteiger partial charge in [-0.3, -0.25) is 14.3 Å². The van der Waals surface area contributed by atoms with E-state index in [0.29, 0.717) is 10.2 Å². The molecule has 1 aliphatic rings. The number of aromatic amines is 1. The number of rotatable bonds is 4. The van der Waals surface area contributed by atoms with Gasteiger partial charge in [0.15, 0.2) is 5.82 Å². The number of aryl methyl sites for hydroxylation is 1. The second kappa shape index (κ2) is 8.03. The minimum Gasteiger partial charge on any atom is -0.371 e. The van der Waals surface area contributed by atoms with E-state index in [1.54, 1.807) is 6.20 Å². The van der Waals surface area contributed by atoms with Gasteiger partial charge in [-0.05, 0) is 25.1 Å². The summed E-state index contributed by atoms with van der Waals surface area (Å²) in [6.07, 6.45) is 1.80. The molecule has 0 radical (unpaired) electrons. The standard InChI is InChI=1S/C22H25N7O2S/c1-13-17(10-14-4-5-24-20(23-2)18(14)25-13)29-8-6-28(7-9-29)12-15-11-16-19(32-15)21(30)27(3)22(31)26-16/h4-5,10-11H,6-9,12H2,1-3H3,(H,23,24)(H,26,31). The van der Waals surface area contributed by atoms with Crippen molar-refractivity contribution in [1.82, 2.24) is 24.4 Å². The number of hydrogen-bond donors (Lipinski definition) is 2. The van der Waals surface area contributed by atoms with Gasteiger partial charge in [0.25, 0.3) is 5.56 Å².